The van der Waals surface area contributed by atoms with E-state index in [0.717, 1.165) is 11.3 Å². The summed E-state index contributed by atoms with van der Waals surface area (Å²) in [5.74, 6) is -0.266. The van der Waals surface area contributed by atoms with Crippen LogP contribution in [0.25, 0.3) is 0 Å². The minimum absolute atomic E-state index is 0.0374. The number of amides is 1. The van der Waals surface area contributed by atoms with E-state index in [-0.39, 0.29) is 17.0 Å². The Labute approximate surface area is 107 Å². The van der Waals surface area contributed by atoms with Crippen molar-refractivity contribution in [3.63, 3.8) is 0 Å². The fourth-order valence-electron chi connectivity index (χ4n) is 1.94. The molecule has 1 atom stereocenters. The van der Waals surface area contributed by atoms with Crippen LogP contribution in [0.15, 0.2) is 16.6 Å². The zero-order valence-corrected chi connectivity index (χ0v) is 11.2. The van der Waals surface area contributed by atoms with Crippen LogP contribution in [0.5, 0.6) is 0 Å². The van der Waals surface area contributed by atoms with Crippen LogP contribution >= 0.6 is 28.6 Å². The summed E-state index contributed by atoms with van der Waals surface area (Å²) < 4.78 is 13.7. The third-order valence-electron chi connectivity index (χ3n) is 2.59. The van der Waals surface area contributed by atoms with Gasteiger partial charge in [0.25, 0.3) is 0 Å². The fraction of sp³-hybridized carbons (Fsp3) is 0.364. The largest absolute Gasteiger partial charge is 0.310 e. The Morgan fingerprint density at radius 3 is 2.75 bits per heavy atom. The summed E-state index contributed by atoms with van der Waals surface area (Å²) in [5, 5.41) is 0.0591. The van der Waals surface area contributed by atoms with E-state index in [1.165, 1.54) is 12.1 Å². The molecule has 1 amide bonds. The number of carbonyl (C=O) groups is 1. The average Bonchev–Trinajstić information content (AvgIpc) is 2.43. The van der Waals surface area contributed by atoms with E-state index in [0.29, 0.717) is 17.4 Å². The molecule has 1 heterocycles. The highest BCUT2D eigenvalue weighted by molar-refractivity contribution is 9.10. The molecule has 86 valence electrons. The Balaban J connectivity index is 2.44. The maximum absolute atomic E-state index is 13.1. The lowest BCUT2D eigenvalue weighted by Gasteiger charge is -2.20. The number of hydrogen-bond acceptors (Lipinski definition) is 2. The Morgan fingerprint density at radius 1 is 1.56 bits per heavy atom. The van der Waals surface area contributed by atoms with E-state index in [2.05, 4.69) is 28.6 Å². The van der Waals surface area contributed by atoms with Gasteiger partial charge in [0.2, 0.25) is 5.91 Å². The van der Waals surface area contributed by atoms with Crippen LogP contribution < -0.4 is 4.90 Å². The van der Waals surface area contributed by atoms with Gasteiger partial charge >= 0.3 is 0 Å². The monoisotopic (exact) mass is 303 g/mol. The highest BCUT2D eigenvalue weighted by Gasteiger charge is 2.30. The maximum atomic E-state index is 13.1. The fourth-order valence-corrected chi connectivity index (χ4v) is 3.01. The van der Waals surface area contributed by atoms with Crippen molar-refractivity contribution in [3.05, 3.63) is 28.0 Å². The number of nitrogens with zero attached hydrogens (tertiary/aromatic N) is 1. The van der Waals surface area contributed by atoms with Crippen LogP contribution in [0, 0.1) is 12.7 Å². The van der Waals surface area contributed by atoms with Crippen molar-refractivity contribution in [2.45, 2.75) is 18.6 Å². The van der Waals surface area contributed by atoms with Crippen LogP contribution in [-0.2, 0) is 4.79 Å². The Kier molecular flexibility index (Phi) is 3.26. The molecule has 0 aromatic heterocycles. The zero-order valence-electron chi connectivity index (χ0n) is 8.70. The van der Waals surface area contributed by atoms with E-state index in [9.17, 15) is 9.18 Å². The van der Waals surface area contributed by atoms with Gasteiger partial charge in [0, 0.05) is 22.7 Å². The minimum Gasteiger partial charge on any atom is -0.310 e. The van der Waals surface area contributed by atoms with Crippen molar-refractivity contribution < 1.29 is 9.18 Å². The second-order valence-corrected chi connectivity index (χ2v) is 5.50. The first-order valence-corrected chi connectivity index (χ1v) is 6.24. The molecule has 0 saturated carbocycles. The van der Waals surface area contributed by atoms with Gasteiger partial charge in [-0.15, -0.1) is 0 Å². The van der Waals surface area contributed by atoms with Crippen LogP contribution in [0.1, 0.15) is 12.0 Å². The Hall–Kier alpha value is -0.550. The van der Waals surface area contributed by atoms with E-state index in [4.69, 9.17) is 0 Å². The third kappa shape index (κ3) is 2.11. The lowest BCUT2D eigenvalue weighted by Crippen LogP contribution is -2.25. The molecule has 1 aromatic rings. The molecule has 0 spiro atoms. The molecule has 1 aliphatic heterocycles. The van der Waals surface area contributed by atoms with Gasteiger partial charge in [-0.3, -0.25) is 4.79 Å². The molecule has 16 heavy (non-hydrogen) atoms. The van der Waals surface area contributed by atoms with Gasteiger partial charge in [0.05, 0.1) is 5.69 Å². The molecule has 0 aliphatic carbocycles. The van der Waals surface area contributed by atoms with Crippen molar-refractivity contribution in [2.75, 3.05) is 11.4 Å². The second-order valence-electron chi connectivity index (χ2n) is 3.92. The number of rotatable bonds is 1. The van der Waals surface area contributed by atoms with Gasteiger partial charge in [0.1, 0.15) is 5.82 Å². The number of aryl methyl sites for hydroxylation is 1. The molecule has 0 radical (unpaired) electrons. The first kappa shape index (κ1) is 11.9. The summed E-state index contributed by atoms with van der Waals surface area (Å²) in [7, 11) is 0. The predicted molar refractivity (Wildman–Crippen MR) is 68.6 cm³/mol. The molecule has 1 aromatic carbocycles. The van der Waals surface area contributed by atoms with Crippen molar-refractivity contribution in [3.8, 4) is 0 Å². The summed E-state index contributed by atoms with van der Waals surface area (Å²) >= 11 is 7.59. The van der Waals surface area contributed by atoms with E-state index in [1.807, 2.05) is 0 Å². The van der Waals surface area contributed by atoms with Gasteiger partial charge in [-0.25, -0.2) is 4.39 Å². The third-order valence-corrected chi connectivity index (χ3v) is 3.54. The number of benzene rings is 1. The highest BCUT2D eigenvalue weighted by atomic mass is 79.9. The predicted octanol–water partition coefficient (Wildman–Crippen LogP) is 2.93. The topological polar surface area (TPSA) is 20.3 Å². The summed E-state index contributed by atoms with van der Waals surface area (Å²) in [6.07, 6.45) is 0.437. The molecular formula is C11H11BrFNOS. The van der Waals surface area contributed by atoms with Gasteiger partial charge in [-0.05, 0) is 40.5 Å². The molecule has 1 aliphatic rings. The van der Waals surface area contributed by atoms with E-state index >= 15 is 0 Å². The average molecular weight is 304 g/mol. The summed E-state index contributed by atoms with van der Waals surface area (Å²) in [6, 6.07) is 2.81. The molecular weight excluding hydrogens is 293 g/mol. The summed E-state index contributed by atoms with van der Waals surface area (Å²) in [5.41, 5.74) is 1.51. The Morgan fingerprint density at radius 2 is 2.25 bits per heavy atom. The highest BCUT2D eigenvalue weighted by Crippen LogP contribution is 2.34. The second kappa shape index (κ2) is 4.37. The zero-order chi connectivity index (χ0) is 11.9. The molecule has 0 N–H and O–H groups in total. The van der Waals surface area contributed by atoms with Crippen LogP contribution in [0.4, 0.5) is 10.1 Å². The van der Waals surface area contributed by atoms with Crippen LogP contribution in [-0.4, -0.2) is 17.7 Å². The minimum atomic E-state index is -0.304. The van der Waals surface area contributed by atoms with E-state index < -0.39 is 0 Å². The first-order chi connectivity index (χ1) is 7.49. The van der Waals surface area contributed by atoms with E-state index in [1.54, 1.807) is 11.8 Å². The number of halogens is 2. The first-order valence-electron chi connectivity index (χ1n) is 4.93. The number of anilines is 1. The van der Waals surface area contributed by atoms with Crippen LogP contribution in [0.3, 0.4) is 0 Å². The van der Waals surface area contributed by atoms with Crippen molar-refractivity contribution >= 4 is 40.2 Å². The molecule has 0 bridgehead atoms. The molecule has 2 rings (SSSR count). The number of thiol groups is 1. The number of carbonyl (C=O) groups excluding carboxylic acids is 1. The van der Waals surface area contributed by atoms with Crippen molar-refractivity contribution in [1.82, 2.24) is 0 Å². The Bertz CT molecular complexity index is 429. The van der Waals surface area contributed by atoms with Crippen molar-refractivity contribution in [2.24, 2.45) is 0 Å². The molecule has 5 heteroatoms. The summed E-state index contributed by atoms with van der Waals surface area (Å²) in [6.45, 7) is 2.37. The maximum Gasteiger partial charge on any atom is 0.228 e. The molecule has 1 fully saturated rings. The number of hydrogen-bond donors (Lipinski definition) is 1. The lowest BCUT2D eigenvalue weighted by molar-refractivity contribution is -0.117. The normalized spacial score (nSPS) is 20.6. The molecule has 1 saturated heterocycles. The standard InChI is InChI=1S/C11H11BrFNOS/c1-6-2-7(13)3-9(12)11(6)14-5-8(16)4-10(14)15/h2-3,8,16H,4-5H2,1H3. The SMILES string of the molecule is Cc1cc(F)cc(Br)c1N1CC(S)CC1=O. The summed E-state index contributed by atoms with van der Waals surface area (Å²) in [4.78, 5) is 13.4. The van der Waals surface area contributed by atoms with Gasteiger partial charge in [-0.1, -0.05) is 0 Å². The van der Waals surface area contributed by atoms with Gasteiger partial charge < -0.3 is 4.90 Å². The molecule has 1 unspecified atom stereocenters. The van der Waals surface area contributed by atoms with Gasteiger partial charge in [0.15, 0.2) is 0 Å². The van der Waals surface area contributed by atoms with Gasteiger partial charge in [-0.2, -0.15) is 12.6 Å². The van der Waals surface area contributed by atoms with Crippen LogP contribution in [0.2, 0.25) is 0 Å². The molecule has 2 nitrogen and oxygen atoms in total. The smallest absolute Gasteiger partial charge is 0.228 e. The van der Waals surface area contributed by atoms with Crippen molar-refractivity contribution in [1.29, 1.82) is 0 Å². The lowest BCUT2D eigenvalue weighted by atomic mass is 10.2. The quantitative estimate of drug-likeness (QED) is 0.791.